The molecule has 120 valence electrons. The summed E-state index contributed by atoms with van der Waals surface area (Å²) in [6.45, 7) is 1.97. The van der Waals surface area contributed by atoms with Gasteiger partial charge >= 0.3 is 0 Å². The number of morpholine rings is 1. The summed E-state index contributed by atoms with van der Waals surface area (Å²) in [6, 6.07) is 4.59. The molecule has 1 aliphatic heterocycles. The third kappa shape index (κ3) is 3.59. The normalized spacial score (nSPS) is 14.6. The van der Waals surface area contributed by atoms with Crippen molar-refractivity contribution in [2.75, 3.05) is 31.6 Å². The Morgan fingerprint density at radius 3 is 2.70 bits per heavy atom. The van der Waals surface area contributed by atoms with E-state index in [1.54, 1.807) is 4.90 Å². The Morgan fingerprint density at radius 1 is 1.17 bits per heavy atom. The molecule has 1 saturated heterocycles. The summed E-state index contributed by atoms with van der Waals surface area (Å²) < 4.78 is 31.8. The van der Waals surface area contributed by atoms with Gasteiger partial charge in [-0.15, -0.1) is 0 Å². The van der Waals surface area contributed by atoms with Gasteiger partial charge in [-0.05, 0) is 12.1 Å². The van der Waals surface area contributed by atoms with Crippen LogP contribution in [0, 0.1) is 11.6 Å². The zero-order valence-corrected chi connectivity index (χ0v) is 12.1. The second kappa shape index (κ2) is 6.66. The van der Waals surface area contributed by atoms with E-state index >= 15 is 0 Å². The Labute approximate surface area is 131 Å². The number of hydrogen-bond donors (Lipinski definition) is 1. The number of aromatic nitrogens is 2. The lowest BCUT2D eigenvalue weighted by Gasteiger charge is -2.26. The van der Waals surface area contributed by atoms with Crippen molar-refractivity contribution < 1.29 is 18.3 Å². The number of nitrogens with zero attached hydrogens (tertiary/aromatic N) is 3. The number of anilines is 2. The van der Waals surface area contributed by atoms with Crippen LogP contribution in [0.2, 0.25) is 0 Å². The van der Waals surface area contributed by atoms with E-state index in [1.807, 2.05) is 0 Å². The molecule has 1 fully saturated rings. The molecule has 6 nitrogen and oxygen atoms in total. The van der Waals surface area contributed by atoms with Crippen molar-refractivity contribution in [1.82, 2.24) is 14.9 Å². The third-order valence-electron chi connectivity index (χ3n) is 3.38. The molecule has 1 aromatic carbocycles. The average molecular weight is 320 g/mol. The number of ether oxygens (including phenoxy) is 1. The maximum Gasteiger partial charge on any atom is 0.272 e. The van der Waals surface area contributed by atoms with E-state index in [1.165, 1.54) is 18.5 Å². The molecule has 2 aromatic rings. The fraction of sp³-hybridized carbons (Fsp3) is 0.267. The molecule has 1 aromatic heterocycles. The second-order valence-corrected chi connectivity index (χ2v) is 4.94. The molecule has 1 aliphatic rings. The number of amides is 1. The van der Waals surface area contributed by atoms with Crippen LogP contribution in [0.3, 0.4) is 0 Å². The molecule has 2 heterocycles. The highest BCUT2D eigenvalue weighted by molar-refractivity contribution is 5.93. The van der Waals surface area contributed by atoms with Crippen molar-refractivity contribution in [3.63, 3.8) is 0 Å². The largest absolute Gasteiger partial charge is 0.378 e. The van der Waals surface area contributed by atoms with Crippen molar-refractivity contribution >= 4 is 17.4 Å². The van der Waals surface area contributed by atoms with Crippen molar-refractivity contribution in [3.05, 3.63) is 47.9 Å². The van der Waals surface area contributed by atoms with Gasteiger partial charge in [-0.1, -0.05) is 0 Å². The molecule has 0 unspecified atom stereocenters. The zero-order valence-electron chi connectivity index (χ0n) is 12.1. The first-order chi connectivity index (χ1) is 11.1. The molecule has 1 amide bonds. The Hall–Kier alpha value is -2.61. The molecule has 8 heteroatoms. The maximum atomic E-state index is 13.7. The first-order valence-corrected chi connectivity index (χ1v) is 7.04. The second-order valence-electron chi connectivity index (χ2n) is 4.94. The summed E-state index contributed by atoms with van der Waals surface area (Å²) in [5.74, 6) is -1.40. The molecular weight excluding hydrogens is 306 g/mol. The molecular formula is C15H14F2N4O2. The van der Waals surface area contributed by atoms with Crippen molar-refractivity contribution in [1.29, 1.82) is 0 Å². The molecule has 1 N–H and O–H groups in total. The highest BCUT2D eigenvalue weighted by Crippen LogP contribution is 2.19. The number of nitrogens with one attached hydrogen (secondary N) is 1. The fourth-order valence-electron chi connectivity index (χ4n) is 2.20. The summed E-state index contributed by atoms with van der Waals surface area (Å²) in [6.07, 6.45) is 1.22. The highest BCUT2D eigenvalue weighted by Gasteiger charge is 2.20. The Balaban J connectivity index is 1.78. The van der Waals surface area contributed by atoms with Crippen LogP contribution in [0.15, 0.2) is 30.6 Å². The number of carbonyl (C=O) groups excluding carboxylic acids is 1. The Bertz CT molecular complexity index is 720. The molecule has 0 aliphatic carbocycles. The van der Waals surface area contributed by atoms with Crippen molar-refractivity contribution in [3.8, 4) is 0 Å². The van der Waals surface area contributed by atoms with Gasteiger partial charge in [0.25, 0.3) is 5.91 Å². The van der Waals surface area contributed by atoms with Crippen LogP contribution >= 0.6 is 0 Å². The van der Waals surface area contributed by atoms with Crippen LogP contribution in [0.4, 0.5) is 20.3 Å². The minimum atomic E-state index is -0.746. The lowest BCUT2D eigenvalue weighted by Crippen LogP contribution is -2.41. The number of halogens is 2. The van der Waals surface area contributed by atoms with E-state index in [0.29, 0.717) is 26.3 Å². The molecule has 0 saturated carbocycles. The van der Waals surface area contributed by atoms with Gasteiger partial charge in [0, 0.05) is 25.2 Å². The van der Waals surface area contributed by atoms with Crippen LogP contribution in [0.25, 0.3) is 0 Å². The van der Waals surface area contributed by atoms with Gasteiger partial charge in [-0.25, -0.2) is 18.7 Å². The predicted molar refractivity (Wildman–Crippen MR) is 78.4 cm³/mol. The van der Waals surface area contributed by atoms with E-state index in [4.69, 9.17) is 4.74 Å². The standard InChI is InChI=1S/C15H14F2N4O2/c16-10-1-2-12(11(17)7-10)20-14-8-13(18-9-19-14)15(22)21-3-5-23-6-4-21/h1-2,7-9H,3-6H2,(H,18,19,20). The topological polar surface area (TPSA) is 67.4 Å². The Kier molecular flexibility index (Phi) is 4.42. The van der Waals surface area contributed by atoms with Crippen LogP contribution in [0.5, 0.6) is 0 Å². The molecule has 3 rings (SSSR count). The van der Waals surface area contributed by atoms with E-state index in [0.717, 1.165) is 12.1 Å². The average Bonchev–Trinajstić information content (AvgIpc) is 2.58. The minimum Gasteiger partial charge on any atom is -0.378 e. The number of carbonyl (C=O) groups is 1. The predicted octanol–water partition coefficient (Wildman–Crippen LogP) is 1.97. The number of rotatable bonds is 3. The number of hydrogen-bond acceptors (Lipinski definition) is 5. The van der Waals surface area contributed by atoms with E-state index < -0.39 is 11.6 Å². The van der Waals surface area contributed by atoms with Gasteiger partial charge in [0.2, 0.25) is 0 Å². The maximum absolute atomic E-state index is 13.7. The number of benzene rings is 1. The lowest BCUT2D eigenvalue weighted by atomic mass is 10.2. The summed E-state index contributed by atoms with van der Waals surface area (Å²) in [5, 5.41) is 2.71. The summed E-state index contributed by atoms with van der Waals surface area (Å²) in [4.78, 5) is 21.9. The first-order valence-electron chi connectivity index (χ1n) is 7.04. The van der Waals surface area contributed by atoms with Crippen molar-refractivity contribution in [2.24, 2.45) is 0 Å². The van der Waals surface area contributed by atoms with Crippen LogP contribution < -0.4 is 5.32 Å². The van der Waals surface area contributed by atoms with Gasteiger partial charge in [0.1, 0.15) is 29.5 Å². The summed E-state index contributed by atoms with van der Waals surface area (Å²) >= 11 is 0. The Morgan fingerprint density at radius 2 is 1.96 bits per heavy atom. The van der Waals surface area contributed by atoms with Gasteiger partial charge < -0.3 is 15.0 Å². The van der Waals surface area contributed by atoms with E-state index in [2.05, 4.69) is 15.3 Å². The molecule has 0 bridgehead atoms. The van der Waals surface area contributed by atoms with Crippen LogP contribution in [-0.4, -0.2) is 47.1 Å². The smallest absolute Gasteiger partial charge is 0.272 e. The molecule has 0 spiro atoms. The highest BCUT2D eigenvalue weighted by atomic mass is 19.1. The fourth-order valence-corrected chi connectivity index (χ4v) is 2.20. The van der Waals surface area contributed by atoms with Crippen LogP contribution in [0.1, 0.15) is 10.5 Å². The first kappa shape index (κ1) is 15.3. The zero-order chi connectivity index (χ0) is 16.2. The van der Waals surface area contributed by atoms with E-state index in [-0.39, 0.29) is 23.1 Å². The lowest BCUT2D eigenvalue weighted by molar-refractivity contribution is 0.0299. The van der Waals surface area contributed by atoms with Crippen molar-refractivity contribution in [2.45, 2.75) is 0 Å². The molecule has 0 atom stereocenters. The van der Waals surface area contributed by atoms with Gasteiger partial charge in [-0.2, -0.15) is 0 Å². The van der Waals surface area contributed by atoms with Gasteiger partial charge in [0.05, 0.1) is 18.9 Å². The summed E-state index contributed by atoms with van der Waals surface area (Å²) in [5.41, 5.74) is 0.266. The van der Waals surface area contributed by atoms with Crippen LogP contribution in [-0.2, 0) is 4.74 Å². The van der Waals surface area contributed by atoms with Gasteiger partial charge in [-0.3, -0.25) is 4.79 Å². The molecule has 23 heavy (non-hydrogen) atoms. The van der Waals surface area contributed by atoms with E-state index in [9.17, 15) is 13.6 Å². The monoisotopic (exact) mass is 320 g/mol. The molecule has 0 radical (unpaired) electrons. The SMILES string of the molecule is O=C(c1cc(Nc2ccc(F)cc2F)ncn1)N1CCOCC1. The summed E-state index contributed by atoms with van der Waals surface area (Å²) in [7, 11) is 0. The quantitative estimate of drug-likeness (QED) is 0.936. The minimum absolute atomic E-state index is 0.0647. The third-order valence-corrected chi connectivity index (χ3v) is 3.38. The van der Waals surface area contributed by atoms with Gasteiger partial charge in [0.15, 0.2) is 0 Å².